The lowest BCUT2D eigenvalue weighted by molar-refractivity contribution is -0.387. The van der Waals surface area contributed by atoms with Crippen molar-refractivity contribution in [3.05, 3.63) is 34.1 Å². The third-order valence-electron chi connectivity index (χ3n) is 2.42. The highest BCUT2D eigenvalue weighted by molar-refractivity contribution is 6.76. The van der Waals surface area contributed by atoms with E-state index in [1.54, 1.807) is 0 Å². The van der Waals surface area contributed by atoms with Crippen LogP contribution in [-0.4, -0.2) is 26.4 Å². The average Bonchev–Trinajstić information content (AvgIpc) is 2.29. The zero-order valence-corrected chi connectivity index (χ0v) is 12.3. The van der Waals surface area contributed by atoms with Crippen LogP contribution in [0, 0.1) is 15.9 Å². The third kappa shape index (κ3) is 5.80. The van der Waals surface area contributed by atoms with Crippen molar-refractivity contribution in [2.45, 2.75) is 25.7 Å². The van der Waals surface area contributed by atoms with Crippen LogP contribution in [0.15, 0.2) is 18.2 Å². The fourth-order valence-corrected chi connectivity index (χ4v) is 2.03. The van der Waals surface area contributed by atoms with E-state index in [0.717, 1.165) is 18.2 Å². The Morgan fingerprint density at radius 2 is 2.05 bits per heavy atom. The predicted octanol–water partition coefficient (Wildman–Crippen LogP) is 3.43. The molecule has 0 aliphatic heterocycles. The van der Waals surface area contributed by atoms with Gasteiger partial charge in [-0.25, -0.2) is 0 Å². The van der Waals surface area contributed by atoms with E-state index in [0.29, 0.717) is 6.61 Å². The first kappa shape index (κ1) is 15.6. The summed E-state index contributed by atoms with van der Waals surface area (Å²) in [6.07, 6.45) is 0. The van der Waals surface area contributed by atoms with Crippen LogP contribution in [0.1, 0.15) is 0 Å². The van der Waals surface area contributed by atoms with Gasteiger partial charge in [-0.3, -0.25) is 10.1 Å². The normalized spacial score (nSPS) is 11.4. The van der Waals surface area contributed by atoms with E-state index < -0.39 is 24.5 Å². The summed E-state index contributed by atoms with van der Waals surface area (Å²) < 4.78 is 23.6. The van der Waals surface area contributed by atoms with Gasteiger partial charge in [0.2, 0.25) is 5.82 Å². The fourth-order valence-electron chi connectivity index (χ4n) is 1.27. The highest BCUT2D eigenvalue weighted by Gasteiger charge is 2.15. The van der Waals surface area contributed by atoms with Gasteiger partial charge in [0.1, 0.15) is 5.75 Å². The second kappa shape index (κ2) is 6.62. The van der Waals surface area contributed by atoms with Crippen molar-refractivity contribution in [1.82, 2.24) is 0 Å². The average molecular weight is 287 g/mol. The van der Waals surface area contributed by atoms with Gasteiger partial charge in [-0.05, 0) is 18.2 Å². The molecule has 106 valence electrons. The van der Waals surface area contributed by atoms with E-state index in [1.807, 2.05) is 0 Å². The number of nitro groups is 1. The molecule has 0 fully saturated rings. The number of halogens is 1. The van der Waals surface area contributed by atoms with E-state index in [4.69, 9.17) is 9.47 Å². The fraction of sp³-hybridized carbons (Fsp3) is 0.500. The lowest BCUT2D eigenvalue weighted by atomic mass is 10.3. The Hall–Kier alpha value is -1.47. The first-order valence-electron chi connectivity index (χ1n) is 5.94. The van der Waals surface area contributed by atoms with Crippen LogP contribution < -0.4 is 4.74 Å². The molecule has 0 unspecified atom stereocenters. The van der Waals surface area contributed by atoms with E-state index in [-0.39, 0.29) is 12.5 Å². The maximum absolute atomic E-state index is 13.1. The Bertz CT molecular complexity index is 448. The molecular formula is C12H18FNO4Si. The Balaban J connectivity index is 2.42. The SMILES string of the molecule is C[Si](C)(C)CCOCOc1ccc(F)c([N+](=O)[O-])c1. The molecular weight excluding hydrogens is 269 g/mol. The van der Waals surface area contributed by atoms with Crippen molar-refractivity contribution in [2.75, 3.05) is 13.4 Å². The Kier molecular flexibility index (Phi) is 5.43. The Labute approximate surface area is 112 Å². The molecule has 0 heterocycles. The molecule has 0 amide bonds. The molecule has 0 aromatic heterocycles. The number of rotatable bonds is 7. The van der Waals surface area contributed by atoms with Gasteiger partial charge in [-0.2, -0.15) is 4.39 Å². The molecule has 0 saturated heterocycles. The summed E-state index contributed by atoms with van der Waals surface area (Å²) in [6.45, 7) is 7.31. The zero-order chi connectivity index (χ0) is 14.5. The number of nitro benzene ring substituents is 1. The minimum absolute atomic E-state index is 0.00721. The summed E-state index contributed by atoms with van der Waals surface area (Å²) in [6, 6.07) is 4.41. The van der Waals surface area contributed by atoms with Gasteiger partial charge in [-0.1, -0.05) is 19.6 Å². The van der Waals surface area contributed by atoms with Crippen molar-refractivity contribution in [3.63, 3.8) is 0 Å². The van der Waals surface area contributed by atoms with Gasteiger partial charge < -0.3 is 9.47 Å². The van der Waals surface area contributed by atoms with Crippen LogP contribution in [0.2, 0.25) is 25.7 Å². The minimum atomic E-state index is -1.14. The predicted molar refractivity (Wildman–Crippen MR) is 72.7 cm³/mol. The molecule has 0 atom stereocenters. The van der Waals surface area contributed by atoms with Crippen molar-refractivity contribution in [2.24, 2.45) is 0 Å². The topological polar surface area (TPSA) is 61.6 Å². The lowest BCUT2D eigenvalue weighted by Crippen LogP contribution is -2.22. The van der Waals surface area contributed by atoms with Crippen LogP contribution in [0.25, 0.3) is 0 Å². The molecule has 0 aliphatic carbocycles. The molecule has 1 aromatic rings. The second-order valence-corrected chi connectivity index (χ2v) is 11.0. The van der Waals surface area contributed by atoms with Crippen LogP contribution >= 0.6 is 0 Å². The summed E-state index contributed by atoms with van der Waals surface area (Å²) in [5.74, 6) is -0.655. The van der Waals surface area contributed by atoms with Gasteiger partial charge in [0.25, 0.3) is 0 Å². The number of hydrogen-bond acceptors (Lipinski definition) is 4. The van der Waals surface area contributed by atoms with Crippen molar-refractivity contribution < 1.29 is 18.8 Å². The maximum Gasteiger partial charge on any atom is 0.308 e. The molecule has 1 rings (SSSR count). The first-order valence-corrected chi connectivity index (χ1v) is 9.65. The molecule has 0 N–H and O–H groups in total. The second-order valence-electron chi connectivity index (χ2n) is 5.35. The molecule has 0 spiro atoms. The summed E-state index contributed by atoms with van der Waals surface area (Å²) in [4.78, 5) is 9.76. The number of ether oxygens (including phenoxy) is 2. The van der Waals surface area contributed by atoms with Crippen LogP contribution in [0.4, 0.5) is 10.1 Å². The number of nitrogens with zero attached hydrogens (tertiary/aromatic N) is 1. The largest absolute Gasteiger partial charge is 0.467 e. The Morgan fingerprint density at radius 3 is 2.63 bits per heavy atom. The van der Waals surface area contributed by atoms with E-state index in [1.165, 1.54) is 6.07 Å². The summed E-state index contributed by atoms with van der Waals surface area (Å²) >= 11 is 0. The van der Waals surface area contributed by atoms with Gasteiger partial charge in [-0.15, -0.1) is 0 Å². The summed E-state index contributed by atoms with van der Waals surface area (Å²) in [5.41, 5.74) is -0.598. The van der Waals surface area contributed by atoms with E-state index >= 15 is 0 Å². The van der Waals surface area contributed by atoms with Crippen LogP contribution in [-0.2, 0) is 4.74 Å². The number of hydrogen-bond donors (Lipinski definition) is 0. The van der Waals surface area contributed by atoms with Crippen molar-refractivity contribution in [3.8, 4) is 5.75 Å². The van der Waals surface area contributed by atoms with E-state index in [9.17, 15) is 14.5 Å². The molecule has 0 bridgehead atoms. The highest BCUT2D eigenvalue weighted by atomic mass is 28.3. The monoisotopic (exact) mass is 287 g/mol. The first-order chi connectivity index (χ1) is 8.79. The number of benzene rings is 1. The van der Waals surface area contributed by atoms with E-state index in [2.05, 4.69) is 19.6 Å². The third-order valence-corrected chi connectivity index (χ3v) is 4.12. The Morgan fingerprint density at radius 1 is 1.37 bits per heavy atom. The van der Waals surface area contributed by atoms with Crippen LogP contribution in [0.3, 0.4) is 0 Å². The standard InChI is InChI=1S/C12H18FNO4Si/c1-19(2,3)7-6-17-9-18-10-4-5-11(13)12(8-10)14(15)16/h4-5,8H,6-7,9H2,1-3H3. The molecule has 7 heteroatoms. The van der Waals surface area contributed by atoms with Gasteiger partial charge in [0.15, 0.2) is 6.79 Å². The molecule has 0 radical (unpaired) electrons. The highest BCUT2D eigenvalue weighted by Crippen LogP contribution is 2.23. The van der Waals surface area contributed by atoms with Crippen LogP contribution in [0.5, 0.6) is 5.75 Å². The van der Waals surface area contributed by atoms with Gasteiger partial charge in [0, 0.05) is 14.7 Å². The van der Waals surface area contributed by atoms with Crippen molar-refractivity contribution >= 4 is 13.8 Å². The van der Waals surface area contributed by atoms with Crippen molar-refractivity contribution in [1.29, 1.82) is 0 Å². The molecule has 19 heavy (non-hydrogen) atoms. The maximum atomic E-state index is 13.1. The summed E-state index contributed by atoms with van der Waals surface area (Å²) in [7, 11) is -1.14. The molecule has 5 nitrogen and oxygen atoms in total. The molecule has 1 aromatic carbocycles. The quantitative estimate of drug-likeness (QED) is 0.253. The lowest BCUT2D eigenvalue weighted by Gasteiger charge is -2.15. The molecule has 0 saturated carbocycles. The minimum Gasteiger partial charge on any atom is -0.467 e. The molecule has 0 aliphatic rings. The van der Waals surface area contributed by atoms with Gasteiger partial charge in [0.05, 0.1) is 11.0 Å². The smallest absolute Gasteiger partial charge is 0.308 e. The van der Waals surface area contributed by atoms with Gasteiger partial charge >= 0.3 is 5.69 Å². The zero-order valence-electron chi connectivity index (χ0n) is 11.3. The summed E-state index contributed by atoms with van der Waals surface area (Å²) in [5, 5.41) is 10.5.